The Labute approximate surface area is 144 Å². The molecule has 20 heavy (non-hydrogen) atoms. The van der Waals surface area contributed by atoms with Crippen molar-refractivity contribution in [2.24, 2.45) is 0 Å². The molecule has 1 N–H and O–H groups in total. The molecular formula is C15H19NaO3S. The smallest absolute Gasteiger partial charge is 1.00 e. The van der Waals surface area contributed by atoms with Gasteiger partial charge in [-0.3, -0.25) is 4.55 Å². The van der Waals surface area contributed by atoms with Gasteiger partial charge in [0.2, 0.25) is 0 Å². The van der Waals surface area contributed by atoms with Gasteiger partial charge in [-0.1, -0.05) is 45.0 Å². The summed E-state index contributed by atoms with van der Waals surface area (Å²) in [6.45, 7) is 6.15. The van der Waals surface area contributed by atoms with Gasteiger partial charge in [0.05, 0.1) is 0 Å². The normalized spacial score (nSPS) is 11.7. The third kappa shape index (κ3) is 3.43. The number of hydrogen-bond acceptors (Lipinski definition) is 2. The van der Waals surface area contributed by atoms with Crippen LogP contribution < -0.4 is 29.6 Å². The maximum absolute atomic E-state index is 11.5. The van der Waals surface area contributed by atoms with Crippen molar-refractivity contribution in [1.29, 1.82) is 0 Å². The molecule has 0 saturated heterocycles. The molecule has 0 aromatic rings. The van der Waals surface area contributed by atoms with Crippen LogP contribution in [-0.2, 0) is 16.5 Å². The van der Waals surface area contributed by atoms with Crippen molar-refractivity contribution in [1.82, 2.24) is 0 Å². The molecule has 0 aliphatic heterocycles. The summed E-state index contributed by atoms with van der Waals surface area (Å²) in [6, 6.07) is 9.22. The van der Waals surface area contributed by atoms with Crippen LogP contribution in [0.5, 0.6) is 0 Å². The Kier molecular flexibility index (Phi) is 5.81. The molecule has 0 fully saturated rings. The first-order chi connectivity index (χ1) is 8.84. The second kappa shape index (κ2) is 6.58. The molecule has 3 nitrogen and oxygen atoms in total. The average molecular weight is 302 g/mol. The van der Waals surface area contributed by atoms with Crippen molar-refractivity contribution >= 4 is 10.1 Å². The number of rotatable bonds is 3. The Hall–Kier alpha value is -0.390. The van der Waals surface area contributed by atoms with Gasteiger partial charge in [-0.25, -0.2) is 0 Å². The molecule has 104 valence electrons. The van der Waals surface area contributed by atoms with E-state index >= 15 is 0 Å². The number of aryl methyl sites for hydroxylation is 1. The van der Waals surface area contributed by atoms with Gasteiger partial charge in [0.1, 0.15) is 4.90 Å². The van der Waals surface area contributed by atoms with E-state index in [1.165, 1.54) is 0 Å². The first-order valence-electron chi connectivity index (χ1n) is 6.37. The topological polar surface area (TPSA) is 54.4 Å². The van der Waals surface area contributed by atoms with Crippen molar-refractivity contribution in [3.05, 3.63) is 41.5 Å². The van der Waals surface area contributed by atoms with Crippen molar-refractivity contribution in [3.63, 3.8) is 0 Å². The molecule has 0 radical (unpaired) electrons. The van der Waals surface area contributed by atoms with Crippen LogP contribution in [0, 0.1) is 0 Å². The third-order valence-corrected chi connectivity index (χ3v) is 4.31. The minimum atomic E-state index is -4.18. The van der Waals surface area contributed by atoms with Crippen molar-refractivity contribution in [2.45, 2.75) is 38.0 Å². The Morgan fingerprint density at radius 3 is 2.15 bits per heavy atom. The first-order valence-corrected chi connectivity index (χ1v) is 7.81. The molecule has 0 unspecified atom stereocenters. The molecule has 0 amide bonds. The SMILES string of the molecule is CCc1cc(S(=O)(=O)O)c2ccc(C(C)C)ccc1-2.[H-].[Na+]. The summed E-state index contributed by atoms with van der Waals surface area (Å²) in [5, 5.41) is 0. The van der Waals surface area contributed by atoms with E-state index in [4.69, 9.17) is 0 Å². The summed E-state index contributed by atoms with van der Waals surface area (Å²) in [4.78, 5) is 0.00487. The molecule has 0 atom stereocenters. The Morgan fingerprint density at radius 2 is 1.70 bits per heavy atom. The summed E-state index contributed by atoms with van der Waals surface area (Å²) in [6.07, 6.45) is 0.729. The van der Waals surface area contributed by atoms with Crippen LogP contribution in [-0.4, -0.2) is 13.0 Å². The standard InChI is InChI=1S/C15H18O3S.Na.H/c1-4-11-9-15(19(16,17)18)14-8-6-12(10(2)3)5-7-13(11)14;;/h5-10H,4H2,1-3H3,(H,16,17,18);;/q;+1;-1. The number of fused-ring (bicyclic) bond motifs is 1. The van der Waals surface area contributed by atoms with E-state index in [0.717, 1.165) is 23.1 Å². The molecule has 5 heteroatoms. The van der Waals surface area contributed by atoms with E-state index in [9.17, 15) is 13.0 Å². The Morgan fingerprint density at radius 1 is 1.15 bits per heavy atom. The largest absolute Gasteiger partial charge is 1.00 e. The summed E-state index contributed by atoms with van der Waals surface area (Å²) in [5.41, 5.74) is 3.56. The molecule has 0 spiro atoms. The average Bonchev–Trinajstić information content (AvgIpc) is 2.52. The Bertz CT molecular complexity index is 684. The maximum Gasteiger partial charge on any atom is 1.00 e. The summed E-state index contributed by atoms with van der Waals surface area (Å²) in [5.74, 6) is 0.371. The van der Waals surface area contributed by atoms with E-state index in [0.29, 0.717) is 11.5 Å². The maximum atomic E-state index is 11.5. The van der Waals surface area contributed by atoms with E-state index in [1.807, 2.05) is 25.1 Å². The van der Waals surface area contributed by atoms with Crippen LogP contribution >= 0.6 is 0 Å². The van der Waals surface area contributed by atoms with Crippen LogP contribution in [0.25, 0.3) is 11.1 Å². The predicted octanol–water partition coefficient (Wildman–Crippen LogP) is 0.840. The van der Waals surface area contributed by atoms with Gasteiger partial charge in [0, 0.05) is 5.56 Å². The molecule has 2 aliphatic carbocycles. The second-order valence-corrected chi connectivity index (χ2v) is 6.40. The van der Waals surface area contributed by atoms with E-state index in [1.54, 1.807) is 12.1 Å². The first kappa shape index (κ1) is 17.7. The fraction of sp³-hybridized carbons (Fsp3) is 0.333. The zero-order chi connectivity index (χ0) is 14.2. The Balaban J connectivity index is 0.00000200. The summed E-state index contributed by atoms with van der Waals surface area (Å²) in [7, 11) is -4.18. The van der Waals surface area contributed by atoms with Crippen LogP contribution in [0.1, 0.15) is 39.2 Å². The van der Waals surface area contributed by atoms with Crippen LogP contribution in [0.15, 0.2) is 35.2 Å². The summed E-state index contributed by atoms with van der Waals surface area (Å²) < 4.78 is 32.2. The molecule has 0 aromatic carbocycles. The van der Waals surface area contributed by atoms with Crippen molar-refractivity contribution in [3.8, 4) is 11.1 Å². The molecule has 2 rings (SSSR count). The van der Waals surface area contributed by atoms with Gasteiger partial charge < -0.3 is 1.43 Å². The molecule has 0 aromatic heterocycles. The second-order valence-electron chi connectivity index (χ2n) is 5.01. The molecular weight excluding hydrogens is 283 g/mol. The van der Waals surface area contributed by atoms with Gasteiger partial charge in [-0.2, -0.15) is 8.42 Å². The van der Waals surface area contributed by atoms with Crippen LogP contribution in [0.4, 0.5) is 0 Å². The zero-order valence-corrected chi connectivity index (χ0v) is 15.2. The minimum Gasteiger partial charge on any atom is -1.00 e. The predicted molar refractivity (Wildman–Crippen MR) is 77.5 cm³/mol. The molecule has 0 heterocycles. The van der Waals surface area contributed by atoms with E-state index in [2.05, 4.69) is 13.8 Å². The third-order valence-electron chi connectivity index (χ3n) is 3.42. The van der Waals surface area contributed by atoms with E-state index < -0.39 is 10.1 Å². The monoisotopic (exact) mass is 302 g/mol. The van der Waals surface area contributed by atoms with Gasteiger partial charge in [-0.05, 0) is 35.1 Å². The fourth-order valence-corrected chi connectivity index (χ4v) is 3.04. The molecule has 0 saturated carbocycles. The number of hydrogen-bond donors (Lipinski definition) is 1. The quantitative estimate of drug-likeness (QED) is 0.675. The molecule has 0 bridgehead atoms. The van der Waals surface area contributed by atoms with Gasteiger partial charge in [0.15, 0.2) is 0 Å². The zero-order valence-electron chi connectivity index (χ0n) is 13.3. The van der Waals surface area contributed by atoms with Crippen LogP contribution in [0.3, 0.4) is 0 Å². The van der Waals surface area contributed by atoms with Crippen molar-refractivity contribution < 1.29 is 44.0 Å². The van der Waals surface area contributed by atoms with Crippen LogP contribution in [0.2, 0.25) is 0 Å². The minimum absolute atomic E-state index is 0. The van der Waals surface area contributed by atoms with Gasteiger partial charge in [-0.15, -0.1) is 0 Å². The van der Waals surface area contributed by atoms with E-state index in [-0.39, 0.29) is 35.9 Å². The van der Waals surface area contributed by atoms with Crippen molar-refractivity contribution in [2.75, 3.05) is 0 Å². The summed E-state index contributed by atoms with van der Waals surface area (Å²) >= 11 is 0. The van der Waals surface area contributed by atoms with Gasteiger partial charge in [0.25, 0.3) is 10.1 Å². The molecule has 2 aliphatic rings. The van der Waals surface area contributed by atoms with Gasteiger partial charge >= 0.3 is 29.6 Å². The fourth-order valence-electron chi connectivity index (χ4n) is 2.29.